The van der Waals surface area contributed by atoms with Gasteiger partial charge in [-0.05, 0) is 55.5 Å². The van der Waals surface area contributed by atoms with Crippen LogP contribution in [0.3, 0.4) is 0 Å². The Labute approximate surface area is 176 Å². The zero-order chi connectivity index (χ0) is 20.1. The summed E-state index contributed by atoms with van der Waals surface area (Å²) in [6.45, 7) is 1.03. The summed E-state index contributed by atoms with van der Waals surface area (Å²) in [4.78, 5) is 0. The quantitative estimate of drug-likeness (QED) is 0.449. The van der Waals surface area contributed by atoms with E-state index in [1.54, 1.807) is 18.9 Å². The lowest BCUT2D eigenvalue weighted by Crippen LogP contribution is -2.35. The van der Waals surface area contributed by atoms with Crippen LogP contribution in [0.25, 0.3) is 11.4 Å². The van der Waals surface area contributed by atoms with E-state index in [4.69, 9.17) is 4.74 Å². The molecule has 1 N–H and O–H groups in total. The molecule has 0 saturated heterocycles. The Balaban J connectivity index is 1.22. The molecule has 2 aromatic carbocycles. The van der Waals surface area contributed by atoms with Gasteiger partial charge in [-0.2, -0.15) is 0 Å². The molecule has 0 radical (unpaired) electrons. The first-order chi connectivity index (χ1) is 14.2. The zero-order valence-corrected chi connectivity index (χ0v) is 17.9. The van der Waals surface area contributed by atoms with Crippen LogP contribution >= 0.6 is 11.8 Å². The van der Waals surface area contributed by atoms with Gasteiger partial charge in [0.2, 0.25) is 0 Å². The summed E-state index contributed by atoms with van der Waals surface area (Å²) in [6, 6.07) is 17.2. The van der Waals surface area contributed by atoms with Gasteiger partial charge in [-0.15, -0.1) is 10.2 Å². The molecule has 1 heterocycles. The predicted molar refractivity (Wildman–Crippen MR) is 119 cm³/mol. The molecule has 0 bridgehead atoms. The van der Waals surface area contributed by atoms with Crippen molar-refractivity contribution in [2.75, 3.05) is 19.4 Å². The largest absolute Gasteiger partial charge is 0.497 e. The van der Waals surface area contributed by atoms with E-state index in [0.29, 0.717) is 6.04 Å². The molecule has 1 aliphatic rings. The topological polar surface area (TPSA) is 52.0 Å². The monoisotopic (exact) mass is 408 g/mol. The normalized spacial score (nSPS) is 15.9. The number of aryl methyl sites for hydroxylation is 1. The highest BCUT2D eigenvalue weighted by molar-refractivity contribution is 7.99. The summed E-state index contributed by atoms with van der Waals surface area (Å²) in [5, 5.41) is 13.4. The molecule has 0 amide bonds. The summed E-state index contributed by atoms with van der Waals surface area (Å²) in [5.41, 5.74) is 4.00. The van der Waals surface area contributed by atoms with E-state index in [-0.39, 0.29) is 0 Å². The minimum atomic E-state index is 0.555. The summed E-state index contributed by atoms with van der Waals surface area (Å²) in [6.07, 6.45) is 4.55. The molecule has 5 nitrogen and oxygen atoms in total. The maximum atomic E-state index is 5.37. The number of rotatable bonds is 8. The summed E-state index contributed by atoms with van der Waals surface area (Å²) < 4.78 is 7.46. The molecule has 3 aromatic rings. The number of thioether (sulfide) groups is 1. The summed E-state index contributed by atoms with van der Waals surface area (Å²) in [5.74, 6) is 2.91. The smallest absolute Gasteiger partial charge is 0.191 e. The van der Waals surface area contributed by atoms with Crippen LogP contribution in [0.5, 0.6) is 5.75 Å². The Bertz CT molecular complexity index is 941. The molecule has 1 aliphatic carbocycles. The molecule has 0 spiro atoms. The highest BCUT2D eigenvalue weighted by atomic mass is 32.2. The molecule has 6 heteroatoms. The Kier molecular flexibility index (Phi) is 6.52. The molecular weight excluding hydrogens is 380 g/mol. The Morgan fingerprint density at radius 3 is 2.83 bits per heavy atom. The van der Waals surface area contributed by atoms with Gasteiger partial charge in [0.25, 0.3) is 0 Å². The third-order valence-electron chi connectivity index (χ3n) is 5.49. The van der Waals surface area contributed by atoms with Crippen molar-refractivity contribution in [2.45, 2.75) is 36.9 Å². The third-order valence-corrected chi connectivity index (χ3v) is 6.60. The molecular formula is C23H28N4OS. The molecule has 152 valence electrons. The van der Waals surface area contributed by atoms with Crippen LogP contribution in [0, 0.1) is 0 Å². The molecule has 1 aromatic heterocycles. The highest BCUT2D eigenvalue weighted by Gasteiger charge is 2.18. The number of aromatic nitrogens is 3. The Hall–Kier alpha value is -2.31. The van der Waals surface area contributed by atoms with Crippen LogP contribution in [0.2, 0.25) is 0 Å². The van der Waals surface area contributed by atoms with E-state index in [2.05, 4.69) is 50.4 Å². The van der Waals surface area contributed by atoms with Gasteiger partial charge in [-0.1, -0.05) is 48.2 Å². The van der Waals surface area contributed by atoms with E-state index in [1.807, 2.05) is 25.2 Å². The van der Waals surface area contributed by atoms with Crippen molar-refractivity contribution in [1.29, 1.82) is 0 Å². The maximum Gasteiger partial charge on any atom is 0.191 e. The fourth-order valence-corrected chi connectivity index (χ4v) is 4.71. The summed E-state index contributed by atoms with van der Waals surface area (Å²) >= 11 is 1.78. The number of ether oxygens (including phenoxy) is 1. The van der Waals surface area contributed by atoms with Crippen LogP contribution in [-0.4, -0.2) is 40.2 Å². The standard InChI is InChI=1S/C23H28N4OS/c1-27-22(18-7-4-3-5-8-18)25-26-23(27)29-14-6-13-24-20-11-9-17-10-12-21(28-2)16-19(17)15-20/h3-5,7-8,10,12,16,20,24H,6,9,11,13-15H2,1-2H3. The number of fused-ring (bicyclic) bond motifs is 1. The highest BCUT2D eigenvalue weighted by Crippen LogP contribution is 2.26. The van der Waals surface area contributed by atoms with Crippen molar-refractivity contribution in [2.24, 2.45) is 7.05 Å². The van der Waals surface area contributed by atoms with Crippen molar-refractivity contribution >= 4 is 11.8 Å². The second-order valence-corrected chi connectivity index (χ2v) is 8.52. The molecule has 0 saturated carbocycles. The van der Waals surface area contributed by atoms with Crippen molar-refractivity contribution < 1.29 is 4.74 Å². The Morgan fingerprint density at radius 2 is 2.00 bits per heavy atom. The Morgan fingerprint density at radius 1 is 1.14 bits per heavy atom. The fraction of sp³-hybridized carbons (Fsp3) is 0.391. The van der Waals surface area contributed by atoms with E-state index in [0.717, 1.165) is 53.9 Å². The fourth-order valence-electron chi connectivity index (χ4n) is 3.86. The molecule has 0 fully saturated rings. The van der Waals surface area contributed by atoms with Gasteiger partial charge >= 0.3 is 0 Å². The van der Waals surface area contributed by atoms with Gasteiger partial charge in [0.15, 0.2) is 11.0 Å². The number of benzene rings is 2. The third kappa shape index (κ3) is 4.82. The number of hydrogen-bond acceptors (Lipinski definition) is 5. The van der Waals surface area contributed by atoms with Crippen LogP contribution in [0.4, 0.5) is 0 Å². The number of methoxy groups -OCH3 is 1. The molecule has 1 atom stereocenters. The number of nitrogens with zero attached hydrogens (tertiary/aromatic N) is 3. The molecule has 4 rings (SSSR count). The van der Waals surface area contributed by atoms with Crippen molar-refractivity contribution in [1.82, 2.24) is 20.1 Å². The minimum Gasteiger partial charge on any atom is -0.497 e. The lowest BCUT2D eigenvalue weighted by atomic mass is 9.88. The number of hydrogen-bond donors (Lipinski definition) is 1. The minimum absolute atomic E-state index is 0.555. The van der Waals surface area contributed by atoms with Crippen LogP contribution in [0.1, 0.15) is 24.0 Å². The average Bonchev–Trinajstić information content (AvgIpc) is 3.14. The van der Waals surface area contributed by atoms with Crippen molar-refractivity contribution in [3.05, 3.63) is 59.7 Å². The SMILES string of the molecule is COc1ccc2c(c1)CC(NCCCSc1nnc(-c3ccccc3)n1C)CC2. The van der Waals surface area contributed by atoms with E-state index >= 15 is 0 Å². The lowest BCUT2D eigenvalue weighted by molar-refractivity contribution is 0.411. The van der Waals surface area contributed by atoms with E-state index < -0.39 is 0 Å². The lowest BCUT2D eigenvalue weighted by Gasteiger charge is -2.26. The molecule has 1 unspecified atom stereocenters. The second kappa shape index (κ2) is 9.46. The van der Waals surface area contributed by atoms with Gasteiger partial charge in [-0.3, -0.25) is 0 Å². The average molecular weight is 409 g/mol. The predicted octanol–water partition coefficient (Wildman–Crippen LogP) is 4.12. The molecule has 0 aliphatic heterocycles. The van der Waals surface area contributed by atoms with Crippen LogP contribution in [-0.2, 0) is 19.9 Å². The summed E-state index contributed by atoms with van der Waals surface area (Å²) in [7, 11) is 3.77. The maximum absolute atomic E-state index is 5.37. The van der Waals surface area contributed by atoms with E-state index in [1.165, 1.54) is 17.5 Å². The molecule has 29 heavy (non-hydrogen) atoms. The first kappa shape index (κ1) is 20.0. The van der Waals surface area contributed by atoms with Gasteiger partial charge < -0.3 is 14.6 Å². The van der Waals surface area contributed by atoms with Gasteiger partial charge in [0.05, 0.1) is 7.11 Å². The van der Waals surface area contributed by atoms with Crippen molar-refractivity contribution in [3.8, 4) is 17.1 Å². The first-order valence-corrected chi connectivity index (χ1v) is 11.2. The van der Waals surface area contributed by atoms with Gasteiger partial charge in [0, 0.05) is 24.4 Å². The van der Waals surface area contributed by atoms with Crippen LogP contribution < -0.4 is 10.1 Å². The number of nitrogens with one attached hydrogen (secondary N) is 1. The zero-order valence-electron chi connectivity index (χ0n) is 17.1. The van der Waals surface area contributed by atoms with Gasteiger partial charge in [0.1, 0.15) is 5.75 Å². The van der Waals surface area contributed by atoms with Crippen LogP contribution in [0.15, 0.2) is 53.7 Å². The van der Waals surface area contributed by atoms with Gasteiger partial charge in [-0.25, -0.2) is 0 Å². The second-order valence-electron chi connectivity index (χ2n) is 7.46. The van der Waals surface area contributed by atoms with E-state index in [9.17, 15) is 0 Å². The van der Waals surface area contributed by atoms with Crippen molar-refractivity contribution in [3.63, 3.8) is 0 Å². The first-order valence-electron chi connectivity index (χ1n) is 10.2.